The van der Waals surface area contributed by atoms with Crippen LogP contribution in [0.15, 0.2) is 24.3 Å². The van der Waals surface area contributed by atoms with Crippen LogP contribution in [0.1, 0.15) is 46.0 Å². The highest BCUT2D eigenvalue weighted by Gasteiger charge is 2.27. The molecule has 0 spiro atoms. The Balaban J connectivity index is 2.25. The highest BCUT2D eigenvalue weighted by Crippen LogP contribution is 2.28. The number of esters is 1. The van der Waals surface area contributed by atoms with Gasteiger partial charge in [-0.2, -0.15) is 0 Å². The van der Waals surface area contributed by atoms with E-state index in [1.165, 1.54) is 0 Å². The van der Waals surface area contributed by atoms with Crippen molar-refractivity contribution in [3.63, 3.8) is 0 Å². The Kier molecular flexibility index (Phi) is 5.85. The first kappa shape index (κ1) is 18.6. The minimum Gasteiger partial charge on any atom is -0.493 e. The molecule has 0 radical (unpaired) electrons. The van der Waals surface area contributed by atoms with Crippen LogP contribution in [0.25, 0.3) is 0 Å². The second-order valence-electron chi connectivity index (χ2n) is 5.62. The molecule has 1 N–H and O–H groups in total. The lowest BCUT2D eigenvalue weighted by atomic mass is 10.1. The molecular weight excluding hydrogens is 322 g/mol. The molecule has 1 aromatic carbocycles. The van der Waals surface area contributed by atoms with Crippen molar-refractivity contribution in [3.05, 3.63) is 46.8 Å². The van der Waals surface area contributed by atoms with E-state index in [1.807, 2.05) is 6.07 Å². The lowest BCUT2D eigenvalue weighted by Gasteiger charge is -2.15. The van der Waals surface area contributed by atoms with Crippen molar-refractivity contribution < 1.29 is 23.8 Å². The predicted molar refractivity (Wildman–Crippen MR) is 93.6 cm³/mol. The van der Waals surface area contributed by atoms with Gasteiger partial charge in [0, 0.05) is 5.69 Å². The lowest BCUT2D eigenvalue weighted by Crippen LogP contribution is -2.25. The molecule has 2 aromatic rings. The van der Waals surface area contributed by atoms with Crippen molar-refractivity contribution in [1.82, 2.24) is 4.98 Å². The van der Waals surface area contributed by atoms with Crippen molar-refractivity contribution >= 4 is 11.8 Å². The monoisotopic (exact) mass is 345 g/mol. The van der Waals surface area contributed by atoms with E-state index in [2.05, 4.69) is 4.98 Å². The Morgan fingerprint density at radius 2 is 1.80 bits per heavy atom. The molecule has 2 rings (SSSR count). The number of ether oxygens (including phenoxy) is 3. The number of hydrogen-bond donors (Lipinski definition) is 1. The summed E-state index contributed by atoms with van der Waals surface area (Å²) in [7, 11) is 1.54. The van der Waals surface area contributed by atoms with Gasteiger partial charge in [-0.25, -0.2) is 4.79 Å². The number of aromatic amines is 1. The molecule has 1 heterocycles. The number of hydrogen-bond acceptors (Lipinski definition) is 5. The van der Waals surface area contributed by atoms with Crippen LogP contribution >= 0.6 is 0 Å². The smallest absolute Gasteiger partial charge is 0.340 e. The van der Waals surface area contributed by atoms with Crippen LogP contribution in [0.4, 0.5) is 0 Å². The average Bonchev–Trinajstić information content (AvgIpc) is 2.89. The number of benzene rings is 1. The standard InChI is InChI=1S/C19H23NO5/c1-6-24-19(22)16-11(2)17(20-12(16)3)18(21)13(4)25-15-10-8-7-9-14(15)23-5/h7-10,13,20H,6H2,1-5H3/t13-/m1/s1. The number of para-hydroxylation sites is 2. The van der Waals surface area contributed by atoms with Crippen LogP contribution < -0.4 is 9.47 Å². The molecule has 0 unspecified atom stereocenters. The van der Waals surface area contributed by atoms with Gasteiger partial charge in [-0.1, -0.05) is 12.1 Å². The van der Waals surface area contributed by atoms with Crippen molar-refractivity contribution in [3.8, 4) is 11.5 Å². The van der Waals surface area contributed by atoms with Gasteiger partial charge in [-0.3, -0.25) is 4.79 Å². The van der Waals surface area contributed by atoms with Crippen molar-refractivity contribution in [1.29, 1.82) is 0 Å². The SMILES string of the molecule is CCOC(=O)c1c(C)[nH]c(C(=O)[C@@H](C)Oc2ccccc2OC)c1C. The first-order valence-corrected chi connectivity index (χ1v) is 8.10. The number of methoxy groups -OCH3 is 1. The van der Waals surface area contributed by atoms with E-state index >= 15 is 0 Å². The summed E-state index contributed by atoms with van der Waals surface area (Å²) in [6.45, 7) is 7.14. The molecule has 0 aliphatic heterocycles. The maximum absolute atomic E-state index is 12.8. The zero-order chi connectivity index (χ0) is 18.6. The molecule has 0 saturated carbocycles. The van der Waals surface area contributed by atoms with Gasteiger partial charge < -0.3 is 19.2 Å². The van der Waals surface area contributed by atoms with Crippen LogP contribution in [-0.2, 0) is 4.74 Å². The third kappa shape index (κ3) is 3.84. The summed E-state index contributed by atoms with van der Waals surface area (Å²) < 4.78 is 16.0. The Bertz CT molecular complexity index is 778. The summed E-state index contributed by atoms with van der Waals surface area (Å²) in [4.78, 5) is 27.8. The second-order valence-corrected chi connectivity index (χ2v) is 5.62. The van der Waals surface area contributed by atoms with E-state index in [0.29, 0.717) is 34.0 Å². The zero-order valence-electron chi connectivity index (χ0n) is 15.1. The lowest BCUT2D eigenvalue weighted by molar-refractivity contribution is 0.0525. The van der Waals surface area contributed by atoms with E-state index in [1.54, 1.807) is 53.0 Å². The summed E-state index contributed by atoms with van der Waals surface area (Å²) in [6, 6.07) is 7.12. The summed E-state index contributed by atoms with van der Waals surface area (Å²) in [5.41, 5.74) is 1.91. The third-order valence-corrected chi connectivity index (χ3v) is 3.91. The minimum atomic E-state index is -0.747. The Hall–Kier alpha value is -2.76. The number of H-pyrrole nitrogens is 1. The van der Waals surface area contributed by atoms with E-state index in [4.69, 9.17) is 14.2 Å². The van der Waals surface area contributed by atoms with Crippen LogP contribution in [-0.4, -0.2) is 36.6 Å². The third-order valence-electron chi connectivity index (χ3n) is 3.91. The number of aryl methyl sites for hydroxylation is 1. The molecule has 0 aliphatic carbocycles. The highest BCUT2D eigenvalue weighted by atomic mass is 16.5. The molecule has 1 atom stereocenters. The molecule has 0 amide bonds. The number of nitrogens with one attached hydrogen (secondary N) is 1. The first-order valence-electron chi connectivity index (χ1n) is 8.10. The van der Waals surface area contributed by atoms with Crippen molar-refractivity contribution in [2.24, 2.45) is 0 Å². The van der Waals surface area contributed by atoms with Gasteiger partial charge in [-0.05, 0) is 45.4 Å². The normalized spacial score (nSPS) is 11.7. The van der Waals surface area contributed by atoms with Crippen LogP contribution in [0, 0.1) is 13.8 Å². The number of carbonyl (C=O) groups is 2. The minimum absolute atomic E-state index is 0.248. The number of Topliss-reactive ketones (excluding diaryl/α,β-unsaturated/α-hetero) is 1. The van der Waals surface area contributed by atoms with Gasteiger partial charge in [0.05, 0.1) is 25.0 Å². The van der Waals surface area contributed by atoms with E-state index in [0.717, 1.165) is 0 Å². The molecule has 0 bridgehead atoms. The molecule has 6 nitrogen and oxygen atoms in total. The Morgan fingerprint density at radius 1 is 1.16 bits per heavy atom. The topological polar surface area (TPSA) is 77.6 Å². The molecule has 0 aliphatic rings. The Morgan fingerprint density at radius 3 is 2.40 bits per heavy atom. The second kappa shape index (κ2) is 7.88. The first-order chi connectivity index (χ1) is 11.9. The zero-order valence-corrected chi connectivity index (χ0v) is 15.1. The van der Waals surface area contributed by atoms with Crippen LogP contribution in [0.5, 0.6) is 11.5 Å². The van der Waals surface area contributed by atoms with E-state index < -0.39 is 12.1 Å². The molecule has 1 aromatic heterocycles. The van der Waals surface area contributed by atoms with Crippen molar-refractivity contribution in [2.75, 3.05) is 13.7 Å². The molecule has 0 fully saturated rings. The van der Waals surface area contributed by atoms with Gasteiger partial charge >= 0.3 is 5.97 Å². The fourth-order valence-electron chi connectivity index (χ4n) is 2.67. The fraction of sp³-hybridized carbons (Fsp3) is 0.368. The maximum Gasteiger partial charge on any atom is 0.340 e. The molecule has 25 heavy (non-hydrogen) atoms. The van der Waals surface area contributed by atoms with Gasteiger partial charge in [-0.15, -0.1) is 0 Å². The summed E-state index contributed by atoms with van der Waals surface area (Å²) in [5.74, 6) is 0.347. The molecule has 134 valence electrons. The molecular formula is C19H23NO5. The number of ketones is 1. The van der Waals surface area contributed by atoms with E-state index in [-0.39, 0.29) is 12.4 Å². The van der Waals surface area contributed by atoms with Gasteiger partial charge in [0.1, 0.15) is 0 Å². The highest BCUT2D eigenvalue weighted by molar-refractivity contribution is 6.03. The number of aromatic nitrogens is 1. The number of carbonyl (C=O) groups excluding carboxylic acids is 2. The fourth-order valence-corrected chi connectivity index (χ4v) is 2.67. The summed E-state index contributed by atoms with van der Waals surface area (Å²) in [6.07, 6.45) is -0.747. The average molecular weight is 345 g/mol. The maximum atomic E-state index is 12.8. The largest absolute Gasteiger partial charge is 0.493 e. The molecule has 6 heteroatoms. The Labute approximate surface area is 147 Å². The quantitative estimate of drug-likeness (QED) is 0.614. The van der Waals surface area contributed by atoms with Crippen LogP contribution in [0.2, 0.25) is 0 Å². The van der Waals surface area contributed by atoms with Crippen molar-refractivity contribution in [2.45, 2.75) is 33.8 Å². The summed E-state index contributed by atoms with van der Waals surface area (Å²) in [5, 5.41) is 0. The number of rotatable bonds is 7. The van der Waals surface area contributed by atoms with Crippen LogP contribution in [0.3, 0.4) is 0 Å². The van der Waals surface area contributed by atoms with Gasteiger partial charge in [0.15, 0.2) is 17.6 Å². The summed E-state index contributed by atoms with van der Waals surface area (Å²) >= 11 is 0. The van der Waals surface area contributed by atoms with Gasteiger partial charge in [0.25, 0.3) is 0 Å². The molecule has 0 saturated heterocycles. The predicted octanol–water partition coefficient (Wildman–Crippen LogP) is 3.47. The van der Waals surface area contributed by atoms with Gasteiger partial charge in [0.2, 0.25) is 5.78 Å². The van der Waals surface area contributed by atoms with E-state index in [9.17, 15) is 9.59 Å².